The minimum absolute atomic E-state index is 0.175. The van der Waals surface area contributed by atoms with Crippen LogP contribution in [0, 0.1) is 0 Å². The smallest absolute Gasteiger partial charge is 0.354 e. The Bertz CT molecular complexity index is 615. The highest BCUT2D eigenvalue weighted by atomic mass is 16.5. The maximum absolute atomic E-state index is 11.7. The lowest BCUT2D eigenvalue weighted by atomic mass is 10.1. The van der Waals surface area contributed by atoms with E-state index in [0.717, 1.165) is 16.5 Å². The van der Waals surface area contributed by atoms with Crippen molar-refractivity contribution in [2.24, 2.45) is 0 Å². The molecule has 0 amide bonds. The summed E-state index contributed by atoms with van der Waals surface area (Å²) in [5.74, 6) is -0.714. The first-order valence-corrected chi connectivity index (χ1v) is 6.00. The summed E-state index contributed by atoms with van der Waals surface area (Å²) >= 11 is 0. The van der Waals surface area contributed by atoms with Gasteiger partial charge in [-0.1, -0.05) is 12.1 Å². The van der Waals surface area contributed by atoms with E-state index in [2.05, 4.69) is 9.72 Å². The lowest BCUT2D eigenvalue weighted by Gasteiger charge is -2.01. The number of rotatable bonds is 4. The number of hydrogen-bond donors (Lipinski definition) is 1. The third-order valence-corrected chi connectivity index (χ3v) is 2.81. The molecule has 1 heterocycles. The van der Waals surface area contributed by atoms with E-state index in [9.17, 15) is 9.59 Å². The highest BCUT2D eigenvalue weighted by Gasteiger charge is 2.13. The van der Waals surface area contributed by atoms with Crippen molar-refractivity contribution in [1.29, 1.82) is 0 Å². The van der Waals surface area contributed by atoms with Crippen molar-refractivity contribution in [2.75, 3.05) is 13.7 Å². The van der Waals surface area contributed by atoms with E-state index in [1.54, 1.807) is 13.0 Å². The van der Waals surface area contributed by atoms with Gasteiger partial charge in [0.05, 0.1) is 20.1 Å². The lowest BCUT2D eigenvalue weighted by Crippen LogP contribution is -2.04. The van der Waals surface area contributed by atoms with Crippen molar-refractivity contribution in [3.63, 3.8) is 0 Å². The number of esters is 2. The van der Waals surface area contributed by atoms with Crippen LogP contribution < -0.4 is 0 Å². The molecule has 0 saturated carbocycles. The van der Waals surface area contributed by atoms with Gasteiger partial charge in [0, 0.05) is 10.9 Å². The highest BCUT2D eigenvalue weighted by molar-refractivity contribution is 5.96. The average Bonchev–Trinajstić information content (AvgIpc) is 2.84. The molecule has 0 unspecified atom stereocenters. The minimum atomic E-state index is -0.400. The highest BCUT2D eigenvalue weighted by Crippen LogP contribution is 2.21. The molecule has 0 saturated heterocycles. The van der Waals surface area contributed by atoms with Gasteiger partial charge in [0.2, 0.25) is 0 Å². The van der Waals surface area contributed by atoms with Crippen LogP contribution in [-0.2, 0) is 20.7 Å². The molecule has 2 aromatic rings. The van der Waals surface area contributed by atoms with Crippen LogP contribution in [0.1, 0.15) is 23.0 Å². The molecule has 0 fully saturated rings. The standard InChI is InChI=1S/C14H15NO4/c1-3-19-14(17)12-8-10-9(7-13(16)18-2)5-4-6-11(10)15-12/h4-6,8,15H,3,7H2,1-2H3. The first-order valence-electron chi connectivity index (χ1n) is 6.00. The van der Waals surface area contributed by atoms with Gasteiger partial charge in [-0.05, 0) is 24.6 Å². The summed E-state index contributed by atoms with van der Waals surface area (Å²) in [4.78, 5) is 26.0. The van der Waals surface area contributed by atoms with Crippen LogP contribution in [0.4, 0.5) is 0 Å². The molecule has 5 nitrogen and oxygen atoms in total. The van der Waals surface area contributed by atoms with Crippen LogP contribution >= 0.6 is 0 Å². The molecule has 19 heavy (non-hydrogen) atoms. The van der Waals surface area contributed by atoms with Gasteiger partial charge in [0.25, 0.3) is 0 Å². The maximum Gasteiger partial charge on any atom is 0.354 e. The second kappa shape index (κ2) is 5.56. The van der Waals surface area contributed by atoms with Crippen molar-refractivity contribution in [3.8, 4) is 0 Å². The predicted octanol–water partition coefficient (Wildman–Crippen LogP) is 2.06. The van der Waals surface area contributed by atoms with Crippen LogP contribution in [0.2, 0.25) is 0 Å². The number of hydrogen-bond acceptors (Lipinski definition) is 4. The van der Waals surface area contributed by atoms with Crippen LogP contribution in [0.25, 0.3) is 10.9 Å². The zero-order valence-electron chi connectivity index (χ0n) is 10.9. The SMILES string of the molecule is CCOC(=O)c1cc2c(CC(=O)OC)cccc2[nH]1. The molecule has 1 N–H and O–H groups in total. The Balaban J connectivity index is 2.39. The van der Waals surface area contributed by atoms with Gasteiger partial charge in [-0.3, -0.25) is 4.79 Å². The second-order valence-electron chi connectivity index (χ2n) is 4.03. The summed E-state index contributed by atoms with van der Waals surface area (Å²) in [6, 6.07) is 7.21. The van der Waals surface area contributed by atoms with Gasteiger partial charge in [0.1, 0.15) is 5.69 Å². The number of aromatic amines is 1. The van der Waals surface area contributed by atoms with Crippen molar-refractivity contribution < 1.29 is 19.1 Å². The number of nitrogens with one attached hydrogen (secondary N) is 1. The summed E-state index contributed by atoms with van der Waals surface area (Å²) in [5.41, 5.74) is 2.00. The lowest BCUT2D eigenvalue weighted by molar-refractivity contribution is -0.139. The van der Waals surface area contributed by atoms with Crippen molar-refractivity contribution in [3.05, 3.63) is 35.5 Å². The van der Waals surface area contributed by atoms with E-state index in [0.29, 0.717) is 12.3 Å². The molecule has 0 aliphatic rings. The molecule has 0 aliphatic carbocycles. The number of H-pyrrole nitrogens is 1. The average molecular weight is 261 g/mol. The zero-order chi connectivity index (χ0) is 13.8. The van der Waals surface area contributed by atoms with Crippen molar-refractivity contribution in [2.45, 2.75) is 13.3 Å². The Morgan fingerprint density at radius 1 is 1.32 bits per heavy atom. The van der Waals surface area contributed by atoms with Crippen molar-refractivity contribution >= 4 is 22.8 Å². The monoisotopic (exact) mass is 261 g/mol. The van der Waals surface area contributed by atoms with E-state index in [-0.39, 0.29) is 12.4 Å². The van der Waals surface area contributed by atoms with Crippen LogP contribution in [0.15, 0.2) is 24.3 Å². The number of ether oxygens (including phenoxy) is 2. The van der Waals surface area contributed by atoms with Gasteiger partial charge >= 0.3 is 11.9 Å². The Labute approximate surface area is 110 Å². The third-order valence-electron chi connectivity index (χ3n) is 2.81. The van der Waals surface area contributed by atoms with Gasteiger partial charge in [-0.25, -0.2) is 4.79 Å². The molecular weight excluding hydrogens is 246 g/mol. The number of carbonyl (C=O) groups is 2. The quantitative estimate of drug-likeness (QED) is 0.855. The molecule has 0 atom stereocenters. The molecule has 0 spiro atoms. The van der Waals surface area contributed by atoms with E-state index in [4.69, 9.17) is 4.74 Å². The number of benzene rings is 1. The summed E-state index contributed by atoms with van der Waals surface area (Å²) in [5, 5.41) is 0.830. The molecule has 2 rings (SSSR count). The summed E-state index contributed by atoms with van der Waals surface area (Å²) < 4.78 is 9.59. The van der Waals surface area contributed by atoms with Gasteiger partial charge in [-0.15, -0.1) is 0 Å². The van der Waals surface area contributed by atoms with Crippen LogP contribution in [0.3, 0.4) is 0 Å². The first kappa shape index (κ1) is 13.1. The molecule has 5 heteroatoms. The van der Waals surface area contributed by atoms with Gasteiger partial charge in [-0.2, -0.15) is 0 Å². The van der Waals surface area contributed by atoms with Crippen LogP contribution in [0.5, 0.6) is 0 Å². The fraction of sp³-hybridized carbons (Fsp3) is 0.286. The third kappa shape index (κ3) is 2.76. The fourth-order valence-corrected chi connectivity index (χ4v) is 1.92. The largest absolute Gasteiger partial charge is 0.469 e. The minimum Gasteiger partial charge on any atom is -0.469 e. The molecule has 0 bridgehead atoms. The van der Waals surface area contributed by atoms with Gasteiger partial charge < -0.3 is 14.5 Å². The molecule has 1 aromatic carbocycles. The molecule has 1 aromatic heterocycles. The summed E-state index contributed by atoms with van der Waals surface area (Å²) in [6.45, 7) is 2.08. The topological polar surface area (TPSA) is 68.4 Å². The van der Waals surface area contributed by atoms with E-state index >= 15 is 0 Å². The van der Waals surface area contributed by atoms with Crippen molar-refractivity contribution in [1.82, 2.24) is 4.98 Å². The maximum atomic E-state index is 11.7. The number of carbonyl (C=O) groups excluding carboxylic acids is 2. The summed E-state index contributed by atoms with van der Waals surface area (Å²) in [7, 11) is 1.35. The van der Waals surface area contributed by atoms with E-state index in [1.807, 2.05) is 18.2 Å². The normalized spacial score (nSPS) is 10.4. The molecular formula is C14H15NO4. The molecule has 0 aliphatic heterocycles. The Hall–Kier alpha value is -2.30. The molecule has 100 valence electrons. The zero-order valence-corrected chi connectivity index (χ0v) is 10.9. The Morgan fingerprint density at radius 2 is 2.11 bits per heavy atom. The number of fused-ring (bicyclic) bond motifs is 1. The fourth-order valence-electron chi connectivity index (χ4n) is 1.92. The Kier molecular flexibility index (Phi) is 3.85. The summed E-state index contributed by atoms with van der Waals surface area (Å²) in [6.07, 6.45) is 0.175. The molecule has 0 radical (unpaired) electrons. The number of aromatic nitrogens is 1. The first-order chi connectivity index (χ1) is 9.15. The Morgan fingerprint density at radius 3 is 2.79 bits per heavy atom. The second-order valence-corrected chi connectivity index (χ2v) is 4.03. The van der Waals surface area contributed by atoms with E-state index < -0.39 is 5.97 Å². The van der Waals surface area contributed by atoms with E-state index in [1.165, 1.54) is 7.11 Å². The predicted molar refractivity (Wildman–Crippen MR) is 70.0 cm³/mol. The van der Waals surface area contributed by atoms with Crippen LogP contribution in [-0.4, -0.2) is 30.6 Å². The number of methoxy groups -OCH3 is 1. The van der Waals surface area contributed by atoms with Gasteiger partial charge in [0.15, 0.2) is 0 Å².